The monoisotopic (exact) mass is 640 g/mol. The van der Waals surface area contributed by atoms with Gasteiger partial charge in [0.2, 0.25) is 11.8 Å². The summed E-state index contributed by atoms with van der Waals surface area (Å²) in [5, 5.41) is 9.04. The van der Waals surface area contributed by atoms with Crippen LogP contribution in [0.4, 0.5) is 16.3 Å². The number of amides is 4. The van der Waals surface area contributed by atoms with Crippen molar-refractivity contribution in [2.45, 2.75) is 0 Å². The number of para-hydroxylation sites is 1. The number of anilines is 2. The Bertz CT molecular complexity index is 2020. The second-order valence-corrected chi connectivity index (χ2v) is 12.0. The van der Waals surface area contributed by atoms with E-state index in [1.807, 2.05) is 59.5 Å². The first-order chi connectivity index (χ1) is 21.7. The molecule has 45 heavy (non-hydrogen) atoms. The zero-order chi connectivity index (χ0) is 31.7. The molecular formula is C32H28N6O5S2. The summed E-state index contributed by atoms with van der Waals surface area (Å²) in [4.78, 5) is 54.6. The molecule has 13 heteroatoms. The highest BCUT2D eigenvalue weighted by atomic mass is 32.2. The number of thiophene rings is 1. The summed E-state index contributed by atoms with van der Waals surface area (Å²) in [6.45, 7) is 0.279. The average molecular weight is 641 g/mol. The van der Waals surface area contributed by atoms with Crippen LogP contribution in [0.15, 0.2) is 66.2 Å². The molecule has 0 spiro atoms. The smallest absolute Gasteiger partial charge is 0.288 e. The van der Waals surface area contributed by atoms with E-state index in [-0.39, 0.29) is 41.8 Å². The first kappa shape index (κ1) is 29.9. The fourth-order valence-corrected chi connectivity index (χ4v) is 7.02. The van der Waals surface area contributed by atoms with E-state index in [4.69, 9.17) is 10.5 Å². The molecule has 1 aliphatic rings. The number of aromatic nitrogens is 2. The van der Waals surface area contributed by atoms with Crippen molar-refractivity contribution in [2.75, 3.05) is 37.0 Å². The summed E-state index contributed by atoms with van der Waals surface area (Å²) in [5.41, 5.74) is 10.7. The number of nitrogens with zero attached hydrogens (tertiary/aromatic N) is 3. The van der Waals surface area contributed by atoms with Crippen molar-refractivity contribution in [2.24, 2.45) is 7.05 Å². The van der Waals surface area contributed by atoms with E-state index in [0.717, 1.165) is 48.8 Å². The lowest BCUT2D eigenvalue weighted by Gasteiger charge is -2.13. The lowest BCUT2D eigenvalue weighted by atomic mass is 10.0. The normalized spacial score (nSPS) is 13.3. The van der Waals surface area contributed by atoms with Crippen molar-refractivity contribution in [1.82, 2.24) is 19.8 Å². The van der Waals surface area contributed by atoms with Crippen LogP contribution in [-0.2, 0) is 16.6 Å². The Morgan fingerprint density at radius 2 is 1.98 bits per heavy atom. The largest absolute Gasteiger partial charge is 0.495 e. The van der Waals surface area contributed by atoms with Crippen molar-refractivity contribution >= 4 is 84.6 Å². The molecule has 1 fully saturated rings. The molecule has 0 atom stereocenters. The Hall–Kier alpha value is -5.14. The number of methoxy groups -OCH3 is 1. The van der Waals surface area contributed by atoms with Gasteiger partial charge in [0.15, 0.2) is 0 Å². The van der Waals surface area contributed by atoms with Crippen LogP contribution in [0.25, 0.3) is 38.2 Å². The summed E-state index contributed by atoms with van der Waals surface area (Å²) in [6, 6.07) is 15.2. The molecule has 3 aromatic heterocycles. The summed E-state index contributed by atoms with van der Waals surface area (Å²) in [7, 11) is 3.40. The van der Waals surface area contributed by atoms with Gasteiger partial charge in [0.05, 0.1) is 18.6 Å². The van der Waals surface area contributed by atoms with Crippen molar-refractivity contribution in [3.63, 3.8) is 0 Å². The van der Waals surface area contributed by atoms with E-state index in [1.54, 1.807) is 25.4 Å². The van der Waals surface area contributed by atoms with E-state index in [0.29, 0.717) is 28.5 Å². The Balaban J connectivity index is 1.20. The third-order valence-electron chi connectivity index (χ3n) is 7.49. The number of fused-ring (bicyclic) bond motifs is 2. The highest BCUT2D eigenvalue weighted by Crippen LogP contribution is 2.41. The van der Waals surface area contributed by atoms with E-state index in [1.165, 1.54) is 17.4 Å². The minimum absolute atomic E-state index is 0.126. The minimum Gasteiger partial charge on any atom is -0.495 e. The van der Waals surface area contributed by atoms with Gasteiger partial charge in [-0.3, -0.25) is 24.1 Å². The van der Waals surface area contributed by atoms with Gasteiger partial charge in [-0.1, -0.05) is 36.0 Å². The van der Waals surface area contributed by atoms with Gasteiger partial charge in [0.1, 0.15) is 17.3 Å². The molecule has 11 nitrogen and oxygen atoms in total. The molecule has 0 unspecified atom stereocenters. The van der Waals surface area contributed by atoms with Crippen LogP contribution in [-0.4, -0.2) is 63.4 Å². The lowest BCUT2D eigenvalue weighted by molar-refractivity contribution is -0.125. The molecule has 4 heterocycles. The summed E-state index contributed by atoms with van der Waals surface area (Å²) in [6.07, 6.45) is 4.63. The molecule has 5 aromatic rings. The maximum Gasteiger partial charge on any atom is 0.288 e. The summed E-state index contributed by atoms with van der Waals surface area (Å²) < 4.78 is 8.36. The Morgan fingerprint density at radius 3 is 2.73 bits per heavy atom. The van der Waals surface area contributed by atoms with Gasteiger partial charge in [-0.25, -0.2) is 4.98 Å². The average Bonchev–Trinajstić information content (AvgIpc) is 3.73. The number of carbonyl (C=O) groups excluding carboxylic acids is 4. The lowest BCUT2D eigenvalue weighted by Crippen LogP contribution is -2.37. The van der Waals surface area contributed by atoms with E-state index in [9.17, 15) is 19.2 Å². The number of thioether (sulfide) groups is 1. The van der Waals surface area contributed by atoms with Gasteiger partial charge in [-0.2, -0.15) is 0 Å². The van der Waals surface area contributed by atoms with Crippen LogP contribution < -0.4 is 21.1 Å². The van der Waals surface area contributed by atoms with Gasteiger partial charge < -0.3 is 25.7 Å². The second kappa shape index (κ2) is 12.5. The number of benzene rings is 2. The number of carbonyl (C=O) groups is 4. The molecule has 0 bridgehead atoms. The van der Waals surface area contributed by atoms with Crippen molar-refractivity contribution in [1.29, 1.82) is 0 Å². The number of rotatable bonds is 9. The highest BCUT2D eigenvalue weighted by Gasteiger charge is 2.29. The zero-order valence-corrected chi connectivity index (χ0v) is 26.0. The molecule has 2 aromatic carbocycles. The molecule has 6 rings (SSSR count). The van der Waals surface area contributed by atoms with E-state index >= 15 is 0 Å². The number of hydrogen-bond acceptors (Lipinski definition) is 9. The summed E-state index contributed by atoms with van der Waals surface area (Å²) in [5.74, 6) is 0.0779. The van der Waals surface area contributed by atoms with Crippen molar-refractivity contribution in [3.05, 3.63) is 77.4 Å². The van der Waals surface area contributed by atoms with Crippen molar-refractivity contribution in [3.8, 4) is 16.9 Å². The molecule has 4 N–H and O–H groups in total. The predicted molar refractivity (Wildman–Crippen MR) is 179 cm³/mol. The number of nitrogen functional groups attached to an aromatic ring is 1. The number of pyridine rings is 1. The first-order valence-electron chi connectivity index (χ1n) is 13.9. The van der Waals surface area contributed by atoms with Crippen LogP contribution in [0.3, 0.4) is 0 Å². The molecule has 0 aliphatic carbocycles. The number of ether oxygens (including phenoxy) is 1. The van der Waals surface area contributed by atoms with Crippen LogP contribution in [0.2, 0.25) is 0 Å². The van der Waals surface area contributed by atoms with Crippen LogP contribution in [0.5, 0.6) is 5.75 Å². The van der Waals surface area contributed by atoms with Crippen LogP contribution in [0, 0.1) is 0 Å². The second-order valence-electron chi connectivity index (χ2n) is 10.2. The number of nitrogens with one attached hydrogen (secondary N) is 2. The van der Waals surface area contributed by atoms with Crippen molar-refractivity contribution < 1.29 is 23.9 Å². The van der Waals surface area contributed by atoms with Crippen LogP contribution >= 0.6 is 23.1 Å². The molecular weight excluding hydrogens is 613 g/mol. The Kier molecular flexibility index (Phi) is 8.28. The first-order valence-corrected chi connectivity index (χ1v) is 15.7. The molecule has 1 aliphatic heterocycles. The van der Waals surface area contributed by atoms with E-state index in [2.05, 4.69) is 15.6 Å². The van der Waals surface area contributed by atoms with Gasteiger partial charge in [0, 0.05) is 64.5 Å². The van der Waals surface area contributed by atoms with E-state index < -0.39 is 0 Å². The fourth-order valence-electron chi connectivity index (χ4n) is 5.19. The quantitative estimate of drug-likeness (QED) is 0.188. The topological polar surface area (TPSA) is 149 Å². The Morgan fingerprint density at radius 1 is 1.16 bits per heavy atom. The number of hydrogen-bond donors (Lipinski definition) is 3. The highest BCUT2D eigenvalue weighted by molar-refractivity contribution is 8.14. The third kappa shape index (κ3) is 5.87. The van der Waals surface area contributed by atoms with Crippen LogP contribution in [0.1, 0.15) is 16.1 Å². The van der Waals surface area contributed by atoms with Gasteiger partial charge in [0.25, 0.3) is 11.1 Å². The number of nitrogens with two attached hydrogens (primary N) is 1. The molecule has 228 valence electrons. The summed E-state index contributed by atoms with van der Waals surface area (Å²) >= 11 is 2.42. The number of aryl methyl sites for hydroxylation is 1. The Labute approximate surface area is 266 Å². The molecule has 4 amide bonds. The minimum atomic E-state index is -0.366. The van der Waals surface area contributed by atoms with Gasteiger partial charge in [-0.05, 0) is 41.3 Å². The predicted octanol–water partition coefficient (Wildman–Crippen LogP) is 5.12. The number of imide groups is 1. The van der Waals surface area contributed by atoms with Gasteiger partial charge >= 0.3 is 0 Å². The molecule has 1 saturated heterocycles. The molecule has 0 saturated carbocycles. The fraction of sp³-hybridized carbons (Fsp3) is 0.156. The maximum atomic E-state index is 13.2. The SMILES string of the molecule is COc1cc(-c2csc3c(C=CC(=O)NCCN4C(=O)CSC4=O)cnc(N)c23)ccc1NC(=O)c1cc2ccccc2n1C. The van der Waals surface area contributed by atoms with Gasteiger partial charge in [-0.15, -0.1) is 11.3 Å². The zero-order valence-electron chi connectivity index (χ0n) is 24.3. The standard InChI is InChI=1S/C32H28N6O5S2/c1-37-23-6-4-3-5-19(23)13-24(37)31(41)36-22-9-7-18(14-25(22)43-2)21-16-44-29-20(15-35-30(33)28(21)29)8-10-26(39)34-11-12-38-27(40)17-45-32(38)42/h3-10,13-16H,11-12,17H2,1-2H3,(H2,33,35)(H,34,39)(H,36,41). The third-order valence-corrected chi connectivity index (χ3v) is 9.37. The maximum absolute atomic E-state index is 13.2. The molecule has 0 radical (unpaired) electrons.